The summed E-state index contributed by atoms with van der Waals surface area (Å²) in [5.41, 5.74) is 0.979. The molecule has 20 heavy (non-hydrogen) atoms. The number of nitrogens with one attached hydrogen (secondary N) is 2. The van der Waals surface area contributed by atoms with Gasteiger partial charge in [-0.2, -0.15) is 0 Å². The van der Waals surface area contributed by atoms with Crippen LogP contribution in [0, 0.1) is 0 Å². The first-order chi connectivity index (χ1) is 9.21. The van der Waals surface area contributed by atoms with Crippen LogP contribution in [0.2, 0.25) is 0 Å². The van der Waals surface area contributed by atoms with Crippen molar-refractivity contribution < 1.29 is 9.47 Å². The lowest BCUT2D eigenvalue weighted by Crippen LogP contribution is -2.43. The van der Waals surface area contributed by atoms with E-state index in [1.165, 1.54) is 0 Å². The molecule has 0 aliphatic carbocycles. The van der Waals surface area contributed by atoms with Gasteiger partial charge in [-0.05, 0) is 13.0 Å². The molecule has 1 rings (SSSR count). The highest BCUT2D eigenvalue weighted by Gasteiger charge is 2.07. The molecule has 0 aliphatic heterocycles. The Kier molecular flexibility index (Phi) is 10.1. The molecular weight excluding hydrogens is 371 g/mol. The minimum Gasteiger partial charge on any atom is -0.481 e. The Morgan fingerprint density at radius 2 is 2.20 bits per heavy atom. The molecule has 0 aliphatic rings. The fourth-order valence-electron chi connectivity index (χ4n) is 1.64. The smallest absolute Gasteiger partial charge is 0.218 e. The Morgan fingerprint density at radius 3 is 2.80 bits per heavy atom. The maximum atomic E-state index is 5.20. The second-order valence-electron chi connectivity index (χ2n) is 4.10. The molecule has 0 radical (unpaired) electrons. The third-order valence-corrected chi connectivity index (χ3v) is 2.51. The quantitative estimate of drug-likeness (QED) is 0.434. The summed E-state index contributed by atoms with van der Waals surface area (Å²) < 4.78 is 10.3. The SMILES string of the molecule is CN=C(NCc1cccnc1OC)NC(C)COC.I. The highest BCUT2D eigenvalue weighted by molar-refractivity contribution is 14.0. The number of rotatable bonds is 6. The van der Waals surface area contributed by atoms with Crippen LogP contribution < -0.4 is 15.4 Å². The Hall–Kier alpha value is -1.09. The zero-order valence-electron chi connectivity index (χ0n) is 12.3. The Labute approximate surface area is 137 Å². The van der Waals surface area contributed by atoms with Gasteiger partial charge in [-0.1, -0.05) is 6.07 Å². The van der Waals surface area contributed by atoms with Crippen molar-refractivity contribution in [3.63, 3.8) is 0 Å². The van der Waals surface area contributed by atoms with Crippen LogP contribution in [0.1, 0.15) is 12.5 Å². The summed E-state index contributed by atoms with van der Waals surface area (Å²) in [6.45, 7) is 3.24. The normalized spacial score (nSPS) is 12.3. The van der Waals surface area contributed by atoms with E-state index in [1.54, 1.807) is 27.5 Å². The van der Waals surface area contributed by atoms with Gasteiger partial charge in [0.05, 0.1) is 13.7 Å². The number of aromatic nitrogens is 1. The molecule has 1 aromatic rings. The minimum atomic E-state index is 0. The van der Waals surface area contributed by atoms with E-state index in [-0.39, 0.29) is 30.0 Å². The molecule has 0 fully saturated rings. The molecule has 1 aromatic heterocycles. The summed E-state index contributed by atoms with van der Waals surface area (Å²) in [7, 11) is 5.02. The largest absolute Gasteiger partial charge is 0.481 e. The molecule has 0 spiro atoms. The van der Waals surface area contributed by atoms with Crippen LogP contribution in [0.25, 0.3) is 0 Å². The lowest BCUT2D eigenvalue weighted by atomic mass is 10.2. The first kappa shape index (κ1) is 18.9. The summed E-state index contributed by atoms with van der Waals surface area (Å²) >= 11 is 0. The van der Waals surface area contributed by atoms with Gasteiger partial charge >= 0.3 is 0 Å². The Balaban J connectivity index is 0.00000361. The molecule has 1 atom stereocenters. The third-order valence-electron chi connectivity index (χ3n) is 2.51. The van der Waals surface area contributed by atoms with Crippen LogP contribution in [-0.4, -0.2) is 44.9 Å². The van der Waals surface area contributed by atoms with Gasteiger partial charge in [0.1, 0.15) is 0 Å². The third kappa shape index (κ3) is 6.38. The second-order valence-corrected chi connectivity index (χ2v) is 4.10. The van der Waals surface area contributed by atoms with E-state index >= 15 is 0 Å². The number of pyridine rings is 1. The number of hydrogen-bond acceptors (Lipinski definition) is 4. The highest BCUT2D eigenvalue weighted by Crippen LogP contribution is 2.12. The maximum Gasteiger partial charge on any atom is 0.218 e. The van der Waals surface area contributed by atoms with Crippen molar-refractivity contribution >= 4 is 29.9 Å². The molecule has 2 N–H and O–H groups in total. The fourth-order valence-corrected chi connectivity index (χ4v) is 1.64. The number of aliphatic imine (C=N–C) groups is 1. The van der Waals surface area contributed by atoms with Gasteiger partial charge in [-0.15, -0.1) is 24.0 Å². The van der Waals surface area contributed by atoms with E-state index < -0.39 is 0 Å². The summed E-state index contributed by atoms with van der Waals surface area (Å²) in [6, 6.07) is 4.03. The molecule has 0 amide bonds. The highest BCUT2D eigenvalue weighted by atomic mass is 127. The van der Waals surface area contributed by atoms with Crippen molar-refractivity contribution in [2.45, 2.75) is 19.5 Å². The zero-order valence-corrected chi connectivity index (χ0v) is 14.7. The predicted molar refractivity (Wildman–Crippen MR) is 90.9 cm³/mol. The summed E-state index contributed by atoms with van der Waals surface area (Å²) in [5, 5.41) is 6.44. The minimum absolute atomic E-state index is 0. The van der Waals surface area contributed by atoms with E-state index in [1.807, 2.05) is 19.1 Å². The van der Waals surface area contributed by atoms with Gasteiger partial charge in [-0.25, -0.2) is 4.98 Å². The molecule has 0 aromatic carbocycles. The summed E-state index contributed by atoms with van der Waals surface area (Å²) in [5.74, 6) is 1.34. The number of methoxy groups -OCH3 is 2. The van der Waals surface area contributed by atoms with Gasteiger partial charge in [0.25, 0.3) is 0 Å². The van der Waals surface area contributed by atoms with Gasteiger partial charge in [0.2, 0.25) is 5.88 Å². The van der Waals surface area contributed by atoms with Crippen LogP contribution in [0.4, 0.5) is 0 Å². The van der Waals surface area contributed by atoms with E-state index in [0.717, 1.165) is 11.5 Å². The first-order valence-electron chi connectivity index (χ1n) is 6.15. The molecular formula is C13H23IN4O2. The van der Waals surface area contributed by atoms with Crippen LogP contribution >= 0.6 is 24.0 Å². The number of halogens is 1. The molecule has 114 valence electrons. The first-order valence-corrected chi connectivity index (χ1v) is 6.15. The molecule has 0 saturated carbocycles. The van der Waals surface area contributed by atoms with E-state index in [0.29, 0.717) is 19.0 Å². The molecule has 6 nitrogen and oxygen atoms in total. The number of hydrogen-bond donors (Lipinski definition) is 2. The average molecular weight is 394 g/mol. The van der Waals surface area contributed by atoms with Crippen molar-refractivity contribution in [1.82, 2.24) is 15.6 Å². The van der Waals surface area contributed by atoms with Crippen molar-refractivity contribution in [3.05, 3.63) is 23.9 Å². The summed E-state index contributed by atoms with van der Waals surface area (Å²) in [4.78, 5) is 8.31. The molecule has 1 unspecified atom stereocenters. The molecule has 1 heterocycles. The Morgan fingerprint density at radius 1 is 1.45 bits per heavy atom. The lowest BCUT2D eigenvalue weighted by Gasteiger charge is -2.17. The lowest BCUT2D eigenvalue weighted by molar-refractivity contribution is 0.179. The monoisotopic (exact) mass is 394 g/mol. The zero-order chi connectivity index (χ0) is 14.1. The van der Waals surface area contributed by atoms with Gasteiger partial charge < -0.3 is 20.1 Å². The molecule has 0 bridgehead atoms. The molecule has 7 heteroatoms. The summed E-state index contributed by atoms with van der Waals surface area (Å²) in [6.07, 6.45) is 1.70. The van der Waals surface area contributed by atoms with Crippen LogP contribution in [0.15, 0.2) is 23.3 Å². The van der Waals surface area contributed by atoms with E-state index in [2.05, 4.69) is 20.6 Å². The van der Waals surface area contributed by atoms with Crippen molar-refractivity contribution in [3.8, 4) is 5.88 Å². The number of ether oxygens (including phenoxy) is 2. The number of guanidine groups is 1. The van der Waals surface area contributed by atoms with Crippen molar-refractivity contribution in [2.24, 2.45) is 4.99 Å². The van der Waals surface area contributed by atoms with E-state index in [4.69, 9.17) is 9.47 Å². The molecule has 0 saturated heterocycles. The maximum absolute atomic E-state index is 5.20. The van der Waals surface area contributed by atoms with Crippen LogP contribution in [-0.2, 0) is 11.3 Å². The van der Waals surface area contributed by atoms with E-state index in [9.17, 15) is 0 Å². The number of nitrogens with zero attached hydrogens (tertiary/aromatic N) is 2. The van der Waals surface area contributed by atoms with Gasteiger partial charge in [0.15, 0.2) is 5.96 Å². The average Bonchev–Trinajstić information content (AvgIpc) is 2.44. The van der Waals surface area contributed by atoms with Crippen molar-refractivity contribution in [1.29, 1.82) is 0 Å². The topological polar surface area (TPSA) is 67.8 Å². The van der Waals surface area contributed by atoms with Crippen molar-refractivity contribution in [2.75, 3.05) is 27.9 Å². The van der Waals surface area contributed by atoms with Crippen LogP contribution in [0.3, 0.4) is 0 Å². The van der Waals surface area contributed by atoms with Crippen LogP contribution in [0.5, 0.6) is 5.88 Å². The second kappa shape index (κ2) is 10.7. The predicted octanol–water partition coefficient (Wildman–Crippen LogP) is 1.41. The van der Waals surface area contributed by atoms with Gasteiger partial charge in [-0.3, -0.25) is 4.99 Å². The Bertz CT molecular complexity index is 415. The van der Waals surface area contributed by atoms with Gasteiger partial charge in [0, 0.05) is 38.5 Å². The standard InChI is InChI=1S/C13H22N4O2.HI/c1-10(9-18-3)17-13(14-2)16-8-11-6-5-7-15-12(11)19-4;/h5-7,10H,8-9H2,1-4H3,(H2,14,16,17);1H. The fraction of sp³-hybridized carbons (Fsp3) is 0.538.